The van der Waals surface area contributed by atoms with Gasteiger partial charge in [-0.15, -0.1) is 0 Å². The van der Waals surface area contributed by atoms with Crippen LogP contribution in [0.5, 0.6) is 17.2 Å². The molecule has 1 amide bonds. The summed E-state index contributed by atoms with van der Waals surface area (Å²) in [5.74, 6) is 1.79. The van der Waals surface area contributed by atoms with Crippen LogP contribution in [0.2, 0.25) is 5.02 Å². The molecule has 2 N–H and O–H groups in total. The molecule has 0 saturated carbocycles. The summed E-state index contributed by atoms with van der Waals surface area (Å²) in [7, 11) is 4.72. The first kappa shape index (κ1) is 25.2. The molecule has 1 aliphatic rings. The lowest BCUT2D eigenvalue weighted by atomic mass is 9.99. The topological polar surface area (TPSA) is 86.6 Å². The first-order valence-corrected chi connectivity index (χ1v) is 12.3. The predicted octanol–water partition coefficient (Wildman–Crippen LogP) is 6.18. The van der Waals surface area contributed by atoms with E-state index in [0.717, 1.165) is 22.4 Å². The summed E-state index contributed by atoms with van der Waals surface area (Å²) in [4.78, 5) is 13.4. The van der Waals surface area contributed by atoms with Crippen molar-refractivity contribution in [2.24, 2.45) is 0 Å². The summed E-state index contributed by atoms with van der Waals surface area (Å²) < 4.78 is 18.6. The summed E-state index contributed by atoms with van der Waals surface area (Å²) in [5.41, 5.74) is 4.68. The van der Waals surface area contributed by atoms with Crippen molar-refractivity contribution in [2.45, 2.75) is 13.0 Å². The number of allylic oxidation sites excluding steroid dienone is 1. The quantitative estimate of drug-likeness (QED) is 0.297. The van der Waals surface area contributed by atoms with Gasteiger partial charge in [0.2, 0.25) is 5.75 Å². The Morgan fingerprint density at radius 1 is 0.947 bits per heavy atom. The van der Waals surface area contributed by atoms with Crippen LogP contribution in [0.3, 0.4) is 0 Å². The summed E-state index contributed by atoms with van der Waals surface area (Å²) in [6, 6.07) is 18.4. The second-order valence-corrected chi connectivity index (χ2v) is 9.19. The number of amides is 1. The number of aryl methyl sites for hydroxylation is 1. The number of hydrogen-bond acceptors (Lipinski definition) is 6. The first-order chi connectivity index (χ1) is 18.4. The maximum absolute atomic E-state index is 13.4. The predicted molar refractivity (Wildman–Crippen MR) is 149 cm³/mol. The molecule has 0 bridgehead atoms. The fourth-order valence-corrected chi connectivity index (χ4v) is 4.60. The molecule has 9 heteroatoms. The van der Waals surface area contributed by atoms with Gasteiger partial charge in [0.15, 0.2) is 11.5 Å². The fourth-order valence-electron chi connectivity index (χ4n) is 4.47. The third-order valence-corrected chi connectivity index (χ3v) is 6.65. The lowest BCUT2D eigenvalue weighted by Crippen LogP contribution is -2.22. The molecule has 0 unspecified atom stereocenters. The number of ether oxygens (including phenoxy) is 3. The number of rotatable bonds is 7. The van der Waals surface area contributed by atoms with Crippen molar-refractivity contribution in [1.29, 1.82) is 0 Å². The van der Waals surface area contributed by atoms with E-state index in [-0.39, 0.29) is 5.91 Å². The molecule has 0 fully saturated rings. The molecule has 0 saturated heterocycles. The van der Waals surface area contributed by atoms with Gasteiger partial charge in [-0.3, -0.25) is 4.79 Å². The number of fused-ring (bicyclic) bond motifs is 1. The molecule has 1 aliphatic heterocycles. The molecule has 1 atom stereocenters. The maximum atomic E-state index is 13.4. The Hall–Kier alpha value is -4.43. The van der Waals surface area contributed by atoms with Gasteiger partial charge in [0.05, 0.1) is 27.5 Å². The molecule has 0 radical (unpaired) electrons. The third-order valence-electron chi connectivity index (χ3n) is 6.40. The van der Waals surface area contributed by atoms with Crippen LogP contribution in [0.1, 0.15) is 33.1 Å². The monoisotopic (exact) mass is 530 g/mol. The van der Waals surface area contributed by atoms with E-state index in [1.54, 1.807) is 32.2 Å². The molecular formula is C29H27ClN4O4. The number of benzene rings is 3. The smallest absolute Gasteiger partial charge is 0.261 e. The number of methoxy groups -OCH3 is 3. The number of nitrogens with one attached hydrogen (secondary N) is 2. The zero-order valence-electron chi connectivity index (χ0n) is 21.4. The summed E-state index contributed by atoms with van der Waals surface area (Å²) in [5, 5.41) is 11.6. The largest absolute Gasteiger partial charge is 0.493 e. The van der Waals surface area contributed by atoms with Crippen molar-refractivity contribution >= 4 is 34.7 Å². The van der Waals surface area contributed by atoms with Crippen LogP contribution < -0.4 is 24.8 Å². The lowest BCUT2D eigenvalue weighted by molar-refractivity contribution is 0.102. The van der Waals surface area contributed by atoms with Gasteiger partial charge in [-0.05, 0) is 55.0 Å². The van der Waals surface area contributed by atoms with Crippen LogP contribution in [0.15, 0.2) is 72.9 Å². The number of nitrogens with zero attached hydrogens (tertiary/aromatic N) is 2. The van der Waals surface area contributed by atoms with Crippen LogP contribution in [0, 0.1) is 6.92 Å². The van der Waals surface area contributed by atoms with E-state index in [4.69, 9.17) is 25.8 Å². The molecule has 1 aromatic heterocycles. The van der Waals surface area contributed by atoms with Crippen LogP contribution in [0.25, 0.3) is 5.70 Å². The van der Waals surface area contributed by atoms with E-state index in [0.29, 0.717) is 39.3 Å². The highest BCUT2D eigenvalue weighted by Crippen LogP contribution is 2.45. The standard InChI is InChI=1S/C29H27ClN4O4/c1-17-5-11-20(12-6-17)32-29(35)22-16-31-34-24(21-13-14-25(36-2)27(38-4)26(21)37-3)15-23(33-28(22)34)18-7-9-19(30)10-8-18/h5-16,24,33H,1-4H3,(H,32,35)/t24-/m1/s1. The molecule has 5 rings (SSSR count). The third kappa shape index (κ3) is 4.66. The summed E-state index contributed by atoms with van der Waals surface area (Å²) in [6.07, 6.45) is 3.58. The van der Waals surface area contributed by atoms with Crippen LogP contribution in [-0.4, -0.2) is 37.0 Å². The van der Waals surface area contributed by atoms with Gasteiger partial charge < -0.3 is 24.8 Å². The Labute approximate surface area is 225 Å². The number of halogens is 1. The Bertz CT molecular complexity index is 1510. The number of hydrogen-bond donors (Lipinski definition) is 2. The zero-order chi connectivity index (χ0) is 26.8. The highest BCUT2D eigenvalue weighted by molar-refractivity contribution is 6.30. The van der Waals surface area contributed by atoms with Gasteiger partial charge in [0.25, 0.3) is 5.91 Å². The van der Waals surface area contributed by atoms with E-state index in [2.05, 4.69) is 15.7 Å². The minimum Gasteiger partial charge on any atom is -0.493 e. The second-order valence-electron chi connectivity index (χ2n) is 8.75. The molecule has 3 aromatic carbocycles. The Kier molecular flexibility index (Phi) is 6.98. The number of aromatic nitrogens is 2. The van der Waals surface area contributed by atoms with E-state index in [9.17, 15) is 4.79 Å². The van der Waals surface area contributed by atoms with Crippen LogP contribution in [-0.2, 0) is 0 Å². The van der Waals surface area contributed by atoms with Crippen molar-refractivity contribution in [3.63, 3.8) is 0 Å². The normalized spacial score (nSPS) is 14.1. The molecule has 0 spiro atoms. The molecule has 4 aromatic rings. The Balaban J connectivity index is 1.62. The molecule has 2 heterocycles. The Morgan fingerprint density at radius 2 is 1.66 bits per heavy atom. The number of carbonyl (C=O) groups is 1. The van der Waals surface area contributed by atoms with Crippen molar-refractivity contribution in [3.8, 4) is 17.2 Å². The van der Waals surface area contributed by atoms with Crippen LogP contribution in [0.4, 0.5) is 11.5 Å². The molecule has 38 heavy (non-hydrogen) atoms. The SMILES string of the molecule is COc1ccc([C@H]2C=C(c3ccc(Cl)cc3)Nc3c(C(=O)Nc4ccc(C)cc4)cnn32)c(OC)c1OC. The van der Waals surface area contributed by atoms with Crippen molar-refractivity contribution in [3.05, 3.63) is 100 Å². The van der Waals surface area contributed by atoms with E-state index in [1.807, 2.05) is 73.7 Å². The molecular weight excluding hydrogens is 504 g/mol. The highest BCUT2D eigenvalue weighted by Gasteiger charge is 2.31. The minimum atomic E-state index is -0.424. The average molecular weight is 531 g/mol. The highest BCUT2D eigenvalue weighted by atomic mass is 35.5. The molecule has 194 valence electrons. The molecule has 0 aliphatic carbocycles. The summed E-state index contributed by atoms with van der Waals surface area (Å²) in [6.45, 7) is 2.00. The lowest BCUT2D eigenvalue weighted by Gasteiger charge is -2.28. The van der Waals surface area contributed by atoms with Crippen molar-refractivity contribution in [2.75, 3.05) is 32.0 Å². The number of anilines is 2. The maximum Gasteiger partial charge on any atom is 0.261 e. The first-order valence-electron chi connectivity index (χ1n) is 11.9. The van der Waals surface area contributed by atoms with Gasteiger partial charge in [0, 0.05) is 22.0 Å². The van der Waals surface area contributed by atoms with Crippen molar-refractivity contribution < 1.29 is 19.0 Å². The van der Waals surface area contributed by atoms with E-state index < -0.39 is 6.04 Å². The van der Waals surface area contributed by atoms with Gasteiger partial charge >= 0.3 is 0 Å². The van der Waals surface area contributed by atoms with E-state index in [1.165, 1.54) is 0 Å². The summed E-state index contributed by atoms with van der Waals surface area (Å²) >= 11 is 6.14. The zero-order valence-corrected chi connectivity index (χ0v) is 22.2. The average Bonchev–Trinajstić information content (AvgIpc) is 3.37. The van der Waals surface area contributed by atoms with Gasteiger partial charge in [0.1, 0.15) is 17.4 Å². The van der Waals surface area contributed by atoms with E-state index >= 15 is 0 Å². The minimum absolute atomic E-state index is 0.280. The van der Waals surface area contributed by atoms with Crippen molar-refractivity contribution in [1.82, 2.24) is 9.78 Å². The van der Waals surface area contributed by atoms with Gasteiger partial charge in [-0.2, -0.15) is 5.10 Å². The second kappa shape index (κ2) is 10.5. The number of carbonyl (C=O) groups excluding carboxylic acids is 1. The fraction of sp³-hybridized carbons (Fsp3) is 0.172. The molecule has 8 nitrogen and oxygen atoms in total. The van der Waals surface area contributed by atoms with Crippen LogP contribution >= 0.6 is 11.6 Å². The van der Waals surface area contributed by atoms with Gasteiger partial charge in [-0.25, -0.2) is 4.68 Å². The Morgan fingerprint density at radius 3 is 2.32 bits per heavy atom. The van der Waals surface area contributed by atoms with Gasteiger partial charge in [-0.1, -0.05) is 41.4 Å².